The molecule has 0 aliphatic rings. The summed E-state index contributed by atoms with van der Waals surface area (Å²) in [5, 5.41) is 8.25. The average Bonchev–Trinajstić information content (AvgIpc) is 2.96. The molecular weight excluding hydrogens is 282 g/mol. The molecule has 0 aliphatic carbocycles. The summed E-state index contributed by atoms with van der Waals surface area (Å²) >= 11 is 0. The van der Waals surface area contributed by atoms with E-state index in [-0.39, 0.29) is 5.97 Å². The van der Waals surface area contributed by atoms with Gasteiger partial charge >= 0.3 is 5.97 Å². The van der Waals surface area contributed by atoms with Crippen LogP contribution in [-0.4, -0.2) is 35.2 Å². The SMILES string of the molecule is COC(=O)c1ccc2c(c1)nnn2Cc1cccc(OC)c1. The number of benzene rings is 2. The molecule has 0 unspecified atom stereocenters. The highest BCUT2D eigenvalue weighted by Crippen LogP contribution is 2.17. The number of hydrogen-bond acceptors (Lipinski definition) is 5. The Morgan fingerprint density at radius 2 is 2.05 bits per heavy atom. The van der Waals surface area contributed by atoms with E-state index in [2.05, 4.69) is 10.3 Å². The Balaban J connectivity index is 1.93. The molecule has 112 valence electrons. The van der Waals surface area contributed by atoms with Crippen LogP contribution < -0.4 is 4.74 Å². The van der Waals surface area contributed by atoms with E-state index in [4.69, 9.17) is 9.47 Å². The van der Waals surface area contributed by atoms with E-state index in [0.717, 1.165) is 16.8 Å². The summed E-state index contributed by atoms with van der Waals surface area (Å²) in [6.45, 7) is 0.575. The van der Waals surface area contributed by atoms with Crippen LogP contribution in [-0.2, 0) is 11.3 Å². The van der Waals surface area contributed by atoms with E-state index < -0.39 is 0 Å². The number of fused-ring (bicyclic) bond motifs is 1. The van der Waals surface area contributed by atoms with Crippen LogP contribution in [0.1, 0.15) is 15.9 Å². The van der Waals surface area contributed by atoms with E-state index in [9.17, 15) is 4.79 Å². The van der Waals surface area contributed by atoms with Crippen molar-refractivity contribution in [3.63, 3.8) is 0 Å². The van der Waals surface area contributed by atoms with Crippen LogP contribution in [0.4, 0.5) is 0 Å². The standard InChI is InChI=1S/C16H15N3O3/c1-21-13-5-3-4-11(8-13)10-19-15-7-6-12(16(20)22-2)9-14(15)17-18-19/h3-9H,10H2,1-2H3. The summed E-state index contributed by atoms with van der Waals surface area (Å²) in [5.74, 6) is 0.416. The molecule has 0 saturated carbocycles. The van der Waals surface area contributed by atoms with E-state index in [1.165, 1.54) is 7.11 Å². The molecule has 6 heteroatoms. The molecule has 22 heavy (non-hydrogen) atoms. The van der Waals surface area contributed by atoms with Crippen molar-refractivity contribution in [3.05, 3.63) is 53.6 Å². The lowest BCUT2D eigenvalue weighted by Crippen LogP contribution is -2.03. The van der Waals surface area contributed by atoms with Gasteiger partial charge in [-0.15, -0.1) is 5.10 Å². The van der Waals surface area contributed by atoms with Gasteiger partial charge in [-0.25, -0.2) is 9.48 Å². The van der Waals surface area contributed by atoms with E-state index in [1.807, 2.05) is 30.3 Å². The highest BCUT2D eigenvalue weighted by Gasteiger charge is 2.10. The van der Waals surface area contributed by atoms with Gasteiger partial charge in [0.2, 0.25) is 0 Å². The highest BCUT2D eigenvalue weighted by molar-refractivity contribution is 5.93. The second kappa shape index (κ2) is 5.85. The Hall–Kier alpha value is -2.89. The smallest absolute Gasteiger partial charge is 0.337 e. The molecule has 0 atom stereocenters. The Morgan fingerprint density at radius 1 is 1.18 bits per heavy atom. The highest BCUT2D eigenvalue weighted by atomic mass is 16.5. The molecule has 0 radical (unpaired) electrons. The first-order valence-electron chi connectivity index (χ1n) is 6.76. The van der Waals surface area contributed by atoms with Gasteiger partial charge in [0.15, 0.2) is 0 Å². The van der Waals surface area contributed by atoms with Gasteiger partial charge < -0.3 is 9.47 Å². The van der Waals surface area contributed by atoms with Crippen LogP contribution in [0.5, 0.6) is 5.75 Å². The number of methoxy groups -OCH3 is 2. The third kappa shape index (κ3) is 2.63. The van der Waals surface area contributed by atoms with E-state index >= 15 is 0 Å². The number of ether oxygens (including phenoxy) is 2. The topological polar surface area (TPSA) is 66.2 Å². The Morgan fingerprint density at radius 3 is 2.82 bits per heavy atom. The van der Waals surface area contributed by atoms with Crippen LogP contribution in [0, 0.1) is 0 Å². The molecule has 2 aromatic carbocycles. The fourth-order valence-corrected chi connectivity index (χ4v) is 2.28. The monoisotopic (exact) mass is 297 g/mol. The van der Waals surface area contributed by atoms with Crippen molar-refractivity contribution >= 4 is 17.0 Å². The average molecular weight is 297 g/mol. The van der Waals surface area contributed by atoms with Crippen molar-refractivity contribution in [2.75, 3.05) is 14.2 Å². The predicted octanol–water partition coefficient (Wildman–Crippen LogP) is 2.27. The van der Waals surface area contributed by atoms with Crippen molar-refractivity contribution in [1.29, 1.82) is 0 Å². The van der Waals surface area contributed by atoms with Gasteiger partial charge in [0.05, 0.1) is 31.8 Å². The number of carbonyl (C=O) groups excluding carboxylic acids is 1. The van der Waals surface area contributed by atoms with Gasteiger partial charge in [0, 0.05) is 0 Å². The maximum absolute atomic E-state index is 11.5. The first kappa shape index (κ1) is 14.1. The van der Waals surface area contributed by atoms with Crippen molar-refractivity contribution in [3.8, 4) is 5.75 Å². The summed E-state index contributed by atoms with van der Waals surface area (Å²) in [5.41, 5.74) is 3.04. The lowest BCUT2D eigenvalue weighted by Gasteiger charge is -2.05. The zero-order valence-electron chi connectivity index (χ0n) is 12.3. The normalized spacial score (nSPS) is 10.6. The van der Waals surface area contributed by atoms with Crippen molar-refractivity contribution < 1.29 is 14.3 Å². The van der Waals surface area contributed by atoms with Crippen LogP contribution in [0.15, 0.2) is 42.5 Å². The Labute approximate surface area is 127 Å². The first-order valence-corrected chi connectivity index (χ1v) is 6.76. The summed E-state index contributed by atoms with van der Waals surface area (Å²) in [6.07, 6.45) is 0. The van der Waals surface area contributed by atoms with Gasteiger partial charge in [0.1, 0.15) is 11.3 Å². The van der Waals surface area contributed by atoms with Gasteiger partial charge in [0.25, 0.3) is 0 Å². The quantitative estimate of drug-likeness (QED) is 0.691. The fraction of sp³-hybridized carbons (Fsp3) is 0.188. The lowest BCUT2D eigenvalue weighted by molar-refractivity contribution is 0.0601. The lowest BCUT2D eigenvalue weighted by atomic mass is 10.2. The minimum Gasteiger partial charge on any atom is -0.497 e. The van der Waals surface area contributed by atoms with Gasteiger partial charge in [-0.2, -0.15) is 0 Å². The molecular formula is C16H15N3O3. The van der Waals surface area contributed by atoms with Gasteiger partial charge in [-0.1, -0.05) is 17.3 Å². The molecule has 6 nitrogen and oxygen atoms in total. The number of carbonyl (C=O) groups is 1. The zero-order valence-corrected chi connectivity index (χ0v) is 12.3. The zero-order chi connectivity index (χ0) is 15.5. The minimum absolute atomic E-state index is 0.385. The Bertz CT molecular complexity index is 826. The minimum atomic E-state index is -0.385. The number of rotatable bonds is 4. The Kier molecular flexibility index (Phi) is 3.74. The molecule has 3 rings (SSSR count). The fourth-order valence-electron chi connectivity index (χ4n) is 2.28. The number of aromatic nitrogens is 3. The molecule has 0 saturated heterocycles. The summed E-state index contributed by atoms with van der Waals surface area (Å²) < 4.78 is 11.7. The molecule has 1 aromatic heterocycles. The maximum atomic E-state index is 11.5. The first-order chi connectivity index (χ1) is 10.7. The number of hydrogen-bond donors (Lipinski definition) is 0. The molecule has 0 fully saturated rings. The van der Waals surface area contributed by atoms with E-state index in [0.29, 0.717) is 17.6 Å². The molecule has 0 amide bonds. The van der Waals surface area contributed by atoms with Crippen LogP contribution >= 0.6 is 0 Å². The molecule has 0 N–H and O–H groups in total. The number of esters is 1. The van der Waals surface area contributed by atoms with Crippen molar-refractivity contribution in [2.24, 2.45) is 0 Å². The van der Waals surface area contributed by atoms with Crippen LogP contribution in [0.25, 0.3) is 11.0 Å². The molecule has 3 aromatic rings. The van der Waals surface area contributed by atoms with Crippen molar-refractivity contribution in [1.82, 2.24) is 15.0 Å². The summed E-state index contributed by atoms with van der Waals surface area (Å²) in [4.78, 5) is 11.5. The van der Waals surface area contributed by atoms with Crippen LogP contribution in [0.2, 0.25) is 0 Å². The maximum Gasteiger partial charge on any atom is 0.337 e. The third-order valence-electron chi connectivity index (χ3n) is 3.40. The largest absolute Gasteiger partial charge is 0.497 e. The number of nitrogens with zero attached hydrogens (tertiary/aromatic N) is 3. The second-order valence-electron chi connectivity index (χ2n) is 4.79. The van der Waals surface area contributed by atoms with E-state index in [1.54, 1.807) is 23.9 Å². The third-order valence-corrected chi connectivity index (χ3v) is 3.40. The molecule has 1 heterocycles. The van der Waals surface area contributed by atoms with Crippen molar-refractivity contribution in [2.45, 2.75) is 6.54 Å². The van der Waals surface area contributed by atoms with Gasteiger partial charge in [-0.05, 0) is 35.9 Å². The molecule has 0 aliphatic heterocycles. The second-order valence-corrected chi connectivity index (χ2v) is 4.79. The molecule has 0 spiro atoms. The summed E-state index contributed by atoms with van der Waals surface area (Å²) in [7, 11) is 2.99. The van der Waals surface area contributed by atoms with Gasteiger partial charge in [-0.3, -0.25) is 0 Å². The predicted molar refractivity (Wildman–Crippen MR) is 81.0 cm³/mol. The summed E-state index contributed by atoms with van der Waals surface area (Å²) in [6, 6.07) is 13.0. The van der Waals surface area contributed by atoms with Crippen LogP contribution in [0.3, 0.4) is 0 Å². The molecule has 0 bridgehead atoms.